The Balaban J connectivity index is 2.13. The monoisotopic (exact) mass is 425 g/mol. The van der Waals surface area contributed by atoms with Gasteiger partial charge in [0.15, 0.2) is 15.9 Å². The molecular formula is C19H20ClNO6S. The quantitative estimate of drug-likeness (QED) is 0.683. The minimum atomic E-state index is -3.53. The highest BCUT2D eigenvalue weighted by Crippen LogP contribution is 2.25. The lowest BCUT2D eigenvalue weighted by Gasteiger charge is -2.16. The zero-order valence-electron chi connectivity index (χ0n) is 15.6. The van der Waals surface area contributed by atoms with Crippen LogP contribution in [0.25, 0.3) is 0 Å². The Morgan fingerprint density at radius 3 is 2.50 bits per heavy atom. The van der Waals surface area contributed by atoms with Crippen LogP contribution in [0.3, 0.4) is 0 Å². The lowest BCUT2D eigenvalue weighted by atomic mass is 10.2. The first-order valence-electron chi connectivity index (χ1n) is 8.36. The summed E-state index contributed by atoms with van der Waals surface area (Å²) in [5, 5.41) is 2.65. The van der Waals surface area contributed by atoms with E-state index in [2.05, 4.69) is 5.32 Å². The van der Waals surface area contributed by atoms with E-state index in [1.54, 1.807) is 24.3 Å². The van der Waals surface area contributed by atoms with Crippen LogP contribution in [0.2, 0.25) is 5.02 Å². The third-order valence-corrected chi connectivity index (χ3v) is 5.12. The molecular weight excluding hydrogens is 406 g/mol. The summed E-state index contributed by atoms with van der Waals surface area (Å²) in [6, 6.07) is 10.5. The van der Waals surface area contributed by atoms with Crippen LogP contribution in [0, 0.1) is 0 Å². The Morgan fingerprint density at radius 2 is 1.86 bits per heavy atom. The van der Waals surface area contributed by atoms with Gasteiger partial charge in [0.1, 0.15) is 5.75 Å². The molecule has 0 saturated heterocycles. The van der Waals surface area contributed by atoms with Crippen LogP contribution in [-0.4, -0.2) is 39.3 Å². The number of rotatable bonds is 7. The molecule has 0 saturated carbocycles. The molecule has 2 aromatic carbocycles. The number of anilines is 1. The van der Waals surface area contributed by atoms with Crippen LogP contribution in [0.1, 0.15) is 24.2 Å². The summed E-state index contributed by atoms with van der Waals surface area (Å²) in [6.45, 7) is 3.63. The molecule has 0 fully saturated rings. The average Bonchev–Trinajstić information content (AvgIpc) is 2.62. The van der Waals surface area contributed by atoms with Gasteiger partial charge in [0.05, 0.1) is 27.8 Å². The summed E-state index contributed by atoms with van der Waals surface area (Å²) in [4.78, 5) is 24.7. The number of hydrogen-bond acceptors (Lipinski definition) is 6. The highest BCUT2D eigenvalue weighted by molar-refractivity contribution is 7.90. The molecule has 0 radical (unpaired) electrons. The van der Waals surface area contributed by atoms with Gasteiger partial charge in [0.25, 0.3) is 5.91 Å². The summed E-state index contributed by atoms with van der Waals surface area (Å²) in [5.41, 5.74) is 0.299. The topological polar surface area (TPSA) is 98.8 Å². The second-order valence-electron chi connectivity index (χ2n) is 5.88. The van der Waals surface area contributed by atoms with Crippen LogP contribution < -0.4 is 10.1 Å². The average molecular weight is 426 g/mol. The Kier molecular flexibility index (Phi) is 7.04. The fourth-order valence-corrected chi connectivity index (χ4v) is 3.10. The molecule has 0 heterocycles. The SMILES string of the molecule is CCOc1ccccc1NC(=O)C(C)OC(=O)c1cc(S(C)(=O)=O)ccc1Cl. The van der Waals surface area contributed by atoms with Gasteiger partial charge in [-0.25, -0.2) is 13.2 Å². The molecule has 0 aliphatic carbocycles. The summed E-state index contributed by atoms with van der Waals surface area (Å²) >= 11 is 5.98. The lowest BCUT2D eigenvalue weighted by Crippen LogP contribution is -2.30. The van der Waals surface area contributed by atoms with E-state index in [1.807, 2.05) is 6.92 Å². The second kappa shape index (κ2) is 9.07. The molecule has 7 nitrogen and oxygen atoms in total. The molecule has 0 aliphatic heterocycles. The zero-order chi connectivity index (χ0) is 20.9. The maximum atomic E-state index is 12.4. The van der Waals surface area contributed by atoms with Crippen molar-refractivity contribution in [2.24, 2.45) is 0 Å². The van der Waals surface area contributed by atoms with Gasteiger partial charge in [-0.05, 0) is 44.2 Å². The number of nitrogens with one attached hydrogen (secondary N) is 1. The van der Waals surface area contributed by atoms with E-state index in [4.69, 9.17) is 21.1 Å². The highest BCUT2D eigenvalue weighted by Gasteiger charge is 2.23. The molecule has 0 aliphatic rings. The van der Waals surface area contributed by atoms with Crippen molar-refractivity contribution in [1.29, 1.82) is 0 Å². The molecule has 1 atom stereocenters. The largest absolute Gasteiger partial charge is 0.492 e. The highest BCUT2D eigenvalue weighted by atomic mass is 35.5. The third kappa shape index (κ3) is 5.46. The van der Waals surface area contributed by atoms with Gasteiger partial charge in [0.2, 0.25) is 0 Å². The van der Waals surface area contributed by atoms with E-state index in [0.717, 1.165) is 12.3 Å². The van der Waals surface area contributed by atoms with E-state index in [-0.39, 0.29) is 15.5 Å². The fourth-order valence-electron chi connectivity index (χ4n) is 2.25. The second-order valence-corrected chi connectivity index (χ2v) is 8.30. The minimum absolute atomic E-state index is 0.0201. The van der Waals surface area contributed by atoms with Crippen molar-refractivity contribution in [3.63, 3.8) is 0 Å². The summed E-state index contributed by atoms with van der Waals surface area (Å²) in [5.74, 6) is -0.993. The van der Waals surface area contributed by atoms with Crippen molar-refractivity contribution in [2.45, 2.75) is 24.8 Å². The van der Waals surface area contributed by atoms with Crippen molar-refractivity contribution >= 4 is 39.0 Å². The minimum Gasteiger partial charge on any atom is -0.492 e. The van der Waals surface area contributed by atoms with Crippen LogP contribution in [0.5, 0.6) is 5.75 Å². The predicted molar refractivity (Wildman–Crippen MR) is 106 cm³/mol. The number of benzene rings is 2. The van der Waals surface area contributed by atoms with Gasteiger partial charge in [-0.2, -0.15) is 0 Å². The first kappa shape index (κ1) is 21.7. The number of para-hydroxylation sites is 2. The Hall–Kier alpha value is -2.58. The van der Waals surface area contributed by atoms with Gasteiger partial charge in [-0.15, -0.1) is 0 Å². The first-order chi connectivity index (χ1) is 13.1. The van der Waals surface area contributed by atoms with E-state index < -0.39 is 27.8 Å². The van der Waals surface area contributed by atoms with Crippen molar-refractivity contribution in [3.05, 3.63) is 53.1 Å². The first-order valence-corrected chi connectivity index (χ1v) is 10.6. The van der Waals surface area contributed by atoms with Crippen molar-refractivity contribution in [1.82, 2.24) is 0 Å². The summed E-state index contributed by atoms with van der Waals surface area (Å²) in [7, 11) is -3.53. The number of hydrogen-bond donors (Lipinski definition) is 1. The predicted octanol–water partition coefficient (Wildman–Crippen LogP) is 3.33. The van der Waals surface area contributed by atoms with Crippen LogP contribution >= 0.6 is 11.6 Å². The molecule has 2 aromatic rings. The fraction of sp³-hybridized carbons (Fsp3) is 0.263. The van der Waals surface area contributed by atoms with Gasteiger partial charge in [-0.3, -0.25) is 4.79 Å². The van der Waals surface area contributed by atoms with Crippen molar-refractivity contribution in [2.75, 3.05) is 18.2 Å². The number of carbonyl (C=O) groups excluding carboxylic acids is 2. The van der Waals surface area contributed by atoms with Crippen molar-refractivity contribution in [3.8, 4) is 5.75 Å². The van der Waals surface area contributed by atoms with Crippen molar-refractivity contribution < 1.29 is 27.5 Å². The van der Waals surface area contributed by atoms with Gasteiger partial charge in [-0.1, -0.05) is 23.7 Å². The maximum absolute atomic E-state index is 12.4. The van der Waals surface area contributed by atoms with Crippen LogP contribution in [-0.2, 0) is 19.4 Å². The Bertz CT molecular complexity index is 990. The van der Waals surface area contributed by atoms with E-state index >= 15 is 0 Å². The number of carbonyl (C=O) groups is 2. The Morgan fingerprint density at radius 1 is 1.18 bits per heavy atom. The molecule has 1 amide bonds. The molecule has 0 bridgehead atoms. The summed E-state index contributed by atoms with van der Waals surface area (Å²) < 4.78 is 33.9. The molecule has 1 unspecified atom stereocenters. The number of halogens is 1. The van der Waals surface area contributed by atoms with Crippen LogP contribution in [0.15, 0.2) is 47.4 Å². The van der Waals surface area contributed by atoms with Gasteiger partial charge < -0.3 is 14.8 Å². The molecule has 0 spiro atoms. The van der Waals surface area contributed by atoms with E-state index in [0.29, 0.717) is 18.0 Å². The van der Waals surface area contributed by atoms with E-state index in [9.17, 15) is 18.0 Å². The third-order valence-electron chi connectivity index (χ3n) is 3.68. The van der Waals surface area contributed by atoms with Crippen LogP contribution in [0.4, 0.5) is 5.69 Å². The number of esters is 1. The molecule has 2 rings (SSSR count). The normalized spacial score (nSPS) is 12.1. The summed E-state index contributed by atoms with van der Waals surface area (Å²) in [6.07, 6.45) is -0.141. The molecule has 1 N–H and O–H groups in total. The smallest absolute Gasteiger partial charge is 0.340 e. The number of ether oxygens (including phenoxy) is 2. The number of amides is 1. The van der Waals surface area contributed by atoms with Gasteiger partial charge >= 0.3 is 5.97 Å². The standard InChI is InChI=1S/C19H20ClNO6S/c1-4-26-17-8-6-5-7-16(17)21-18(22)12(2)27-19(23)14-11-13(28(3,24)25)9-10-15(14)20/h5-12H,4H2,1-3H3,(H,21,22). The maximum Gasteiger partial charge on any atom is 0.340 e. The van der Waals surface area contributed by atoms with Gasteiger partial charge in [0, 0.05) is 6.26 Å². The molecule has 150 valence electrons. The lowest BCUT2D eigenvalue weighted by molar-refractivity contribution is -0.123. The Labute approximate surface area is 168 Å². The number of sulfone groups is 1. The van der Waals surface area contributed by atoms with E-state index in [1.165, 1.54) is 19.1 Å². The molecule has 9 heteroatoms. The zero-order valence-corrected chi connectivity index (χ0v) is 17.1. The molecule has 0 aromatic heterocycles. The molecule has 28 heavy (non-hydrogen) atoms.